The van der Waals surface area contributed by atoms with E-state index in [1.165, 1.54) is 36.8 Å². The first-order valence-corrected chi connectivity index (χ1v) is 15.0. The molecule has 0 bridgehead atoms. The van der Waals surface area contributed by atoms with E-state index in [0.717, 1.165) is 52.0 Å². The molecule has 2 saturated heterocycles. The van der Waals surface area contributed by atoms with E-state index in [9.17, 15) is 9.90 Å². The molecule has 8 atom stereocenters. The molecule has 204 valence electrons. The second-order valence-corrected chi connectivity index (χ2v) is 14.1. The molecule has 37 heavy (non-hydrogen) atoms. The summed E-state index contributed by atoms with van der Waals surface area (Å²) >= 11 is 0. The zero-order valence-electron chi connectivity index (χ0n) is 23.4. The molecule has 1 aromatic rings. The van der Waals surface area contributed by atoms with E-state index in [1.54, 1.807) is 0 Å². The summed E-state index contributed by atoms with van der Waals surface area (Å²) in [6.45, 7) is 12.5. The highest BCUT2D eigenvalue weighted by atomic mass is 16.6. The predicted octanol–water partition coefficient (Wildman–Crippen LogP) is 6.42. The number of rotatable bonds is 5. The summed E-state index contributed by atoms with van der Waals surface area (Å²) in [6, 6.07) is 6.48. The van der Waals surface area contributed by atoms with Crippen molar-refractivity contribution in [2.24, 2.45) is 40.4 Å². The third-order valence-electron chi connectivity index (χ3n) is 11.7. The highest BCUT2D eigenvalue weighted by molar-refractivity contribution is 5.71. The van der Waals surface area contributed by atoms with Gasteiger partial charge in [0.15, 0.2) is 0 Å². The number of hydrogen-bond acceptors (Lipinski definition) is 4. The highest BCUT2D eigenvalue weighted by Gasteiger charge is 2.56. The van der Waals surface area contributed by atoms with Crippen molar-refractivity contribution in [3.8, 4) is 5.75 Å². The van der Waals surface area contributed by atoms with Gasteiger partial charge in [0.05, 0.1) is 19.3 Å². The van der Waals surface area contributed by atoms with Gasteiger partial charge >= 0.3 is 6.09 Å². The second-order valence-electron chi connectivity index (χ2n) is 14.1. The fourth-order valence-corrected chi connectivity index (χ4v) is 8.84. The zero-order valence-corrected chi connectivity index (χ0v) is 23.4. The van der Waals surface area contributed by atoms with E-state index >= 15 is 0 Å². The number of likely N-dealkylation sites (tertiary alicyclic amines) is 1. The Labute approximate surface area is 223 Å². The monoisotopic (exact) mass is 509 g/mol. The van der Waals surface area contributed by atoms with Gasteiger partial charge in [-0.2, -0.15) is 0 Å². The molecule has 0 aromatic heterocycles. The average Bonchev–Trinajstić information content (AvgIpc) is 3.56. The molecule has 2 heterocycles. The van der Waals surface area contributed by atoms with Gasteiger partial charge in [0.25, 0.3) is 0 Å². The molecular weight excluding hydrogens is 462 g/mol. The van der Waals surface area contributed by atoms with Crippen molar-refractivity contribution in [1.82, 2.24) is 4.90 Å². The number of benzene rings is 1. The predicted molar refractivity (Wildman–Crippen MR) is 145 cm³/mol. The van der Waals surface area contributed by atoms with Crippen molar-refractivity contribution < 1.29 is 19.4 Å². The van der Waals surface area contributed by atoms with E-state index in [4.69, 9.17) is 9.47 Å². The summed E-state index contributed by atoms with van der Waals surface area (Å²) in [5.41, 5.74) is 3.30. The Morgan fingerprint density at radius 3 is 2.68 bits per heavy atom. The second kappa shape index (κ2) is 9.55. The van der Waals surface area contributed by atoms with Gasteiger partial charge in [-0.15, -0.1) is 0 Å². The molecule has 1 N–H and O–H groups in total. The van der Waals surface area contributed by atoms with Gasteiger partial charge in [-0.1, -0.05) is 40.2 Å². The smallest absolute Gasteiger partial charge is 0.410 e. The lowest BCUT2D eigenvalue weighted by atomic mass is 9.52. The quantitative estimate of drug-likeness (QED) is 0.497. The third kappa shape index (κ3) is 4.52. The molecule has 5 heteroatoms. The minimum Gasteiger partial charge on any atom is -0.410 e. The van der Waals surface area contributed by atoms with Gasteiger partial charge in [0.2, 0.25) is 0 Å². The molecule has 7 unspecified atom stereocenters. The molecule has 5 aliphatic rings. The van der Waals surface area contributed by atoms with Crippen LogP contribution in [0.15, 0.2) is 18.2 Å². The van der Waals surface area contributed by atoms with Crippen molar-refractivity contribution in [3.05, 3.63) is 29.3 Å². The topological polar surface area (TPSA) is 59.0 Å². The molecule has 3 aliphatic carbocycles. The van der Waals surface area contributed by atoms with Gasteiger partial charge in [0, 0.05) is 24.9 Å². The van der Waals surface area contributed by atoms with Crippen molar-refractivity contribution in [2.75, 3.05) is 26.3 Å². The fourth-order valence-electron chi connectivity index (χ4n) is 8.84. The molecule has 1 aromatic carbocycles. The lowest BCUT2D eigenvalue weighted by molar-refractivity contribution is -0.0407. The Kier molecular flexibility index (Phi) is 6.63. The first-order valence-electron chi connectivity index (χ1n) is 15.0. The van der Waals surface area contributed by atoms with E-state index < -0.39 is 0 Å². The van der Waals surface area contributed by atoms with Crippen molar-refractivity contribution >= 4 is 6.09 Å². The number of hydrogen-bond donors (Lipinski definition) is 1. The number of carbonyl (C=O) groups is 1. The summed E-state index contributed by atoms with van der Waals surface area (Å²) in [6.07, 6.45) is 8.80. The number of amides is 1. The van der Waals surface area contributed by atoms with Crippen LogP contribution in [0, 0.1) is 40.4 Å². The fraction of sp³-hybridized carbons (Fsp3) is 0.781. The Morgan fingerprint density at radius 2 is 1.95 bits per heavy atom. The van der Waals surface area contributed by atoms with Gasteiger partial charge in [-0.05, 0) is 103 Å². The SMILES string of the molecule is CCC(C)(C)CC[C@@H]1Cc2cc(OC(=O)N3CC4COCC4C3)ccc2C2CCC3(C)C(O)CCC3C21. The van der Waals surface area contributed by atoms with Crippen LogP contribution < -0.4 is 4.74 Å². The van der Waals surface area contributed by atoms with Gasteiger partial charge in [0.1, 0.15) is 5.75 Å². The van der Waals surface area contributed by atoms with Crippen molar-refractivity contribution in [3.63, 3.8) is 0 Å². The van der Waals surface area contributed by atoms with E-state index in [1.807, 2.05) is 11.0 Å². The number of aliphatic hydroxyl groups excluding tert-OH is 1. The lowest BCUT2D eigenvalue weighted by Gasteiger charge is -2.53. The van der Waals surface area contributed by atoms with Gasteiger partial charge in [-0.25, -0.2) is 4.79 Å². The van der Waals surface area contributed by atoms with Crippen LogP contribution in [0.1, 0.15) is 89.7 Å². The number of ether oxygens (including phenoxy) is 2. The van der Waals surface area contributed by atoms with Crippen LogP contribution in [0.2, 0.25) is 0 Å². The van der Waals surface area contributed by atoms with Crippen LogP contribution in [0.5, 0.6) is 5.75 Å². The zero-order chi connectivity index (χ0) is 25.9. The Hall–Kier alpha value is -1.59. The summed E-state index contributed by atoms with van der Waals surface area (Å²) in [5.74, 6) is 4.07. The third-order valence-corrected chi connectivity index (χ3v) is 11.7. The normalized spacial score (nSPS) is 38.6. The highest BCUT2D eigenvalue weighted by Crippen LogP contribution is 2.63. The average molecular weight is 510 g/mol. The Morgan fingerprint density at radius 1 is 1.19 bits per heavy atom. The Balaban J connectivity index is 1.24. The molecule has 2 aliphatic heterocycles. The number of nitrogens with zero attached hydrogens (tertiary/aromatic N) is 1. The molecule has 4 fully saturated rings. The van der Waals surface area contributed by atoms with E-state index in [-0.39, 0.29) is 17.6 Å². The Bertz CT molecular complexity index is 1010. The summed E-state index contributed by atoms with van der Waals surface area (Å²) in [7, 11) is 0. The first kappa shape index (κ1) is 25.7. The largest absolute Gasteiger partial charge is 0.415 e. The van der Waals surface area contributed by atoms with Crippen LogP contribution >= 0.6 is 0 Å². The summed E-state index contributed by atoms with van der Waals surface area (Å²) in [4.78, 5) is 14.9. The maximum absolute atomic E-state index is 13.0. The van der Waals surface area contributed by atoms with Crippen molar-refractivity contribution in [2.45, 2.75) is 91.1 Å². The van der Waals surface area contributed by atoms with Crippen LogP contribution in [0.3, 0.4) is 0 Å². The molecule has 5 nitrogen and oxygen atoms in total. The molecule has 0 radical (unpaired) electrons. The van der Waals surface area contributed by atoms with E-state index in [0.29, 0.717) is 46.7 Å². The van der Waals surface area contributed by atoms with Crippen LogP contribution in [-0.4, -0.2) is 48.5 Å². The molecular formula is C32H47NO4. The molecule has 0 spiro atoms. The molecule has 2 saturated carbocycles. The molecule has 6 rings (SSSR count). The summed E-state index contributed by atoms with van der Waals surface area (Å²) in [5, 5.41) is 11.0. The minimum absolute atomic E-state index is 0.0751. The maximum atomic E-state index is 13.0. The molecule has 1 amide bonds. The lowest BCUT2D eigenvalue weighted by Crippen LogP contribution is -2.47. The van der Waals surface area contributed by atoms with Crippen molar-refractivity contribution in [1.29, 1.82) is 0 Å². The summed E-state index contributed by atoms with van der Waals surface area (Å²) < 4.78 is 11.5. The number of fused-ring (bicyclic) bond motifs is 6. The maximum Gasteiger partial charge on any atom is 0.415 e. The van der Waals surface area contributed by atoms with Crippen LogP contribution in [-0.2, 0) is 11.2 Å². The first-order chi connectivity index (χ1) is 17.7. The van der Waals surface area contributed by atoms with Crippen LogP contribution in [0.4, 0.5) is 4.79 Å². The van der Waals surface area contributed by atoms with Gasteiger partial charge < -0.3 is 19.5 Å². The number of carbonyl (C=O) groups excluding carboxylic acids is 1. The number of aliphatic hydroxyl groups is 1. The minimum atomic E-state index is -0.211. The van der Waals surface area contributed by atoms with Crippen LogP contribution in [0.25, 0.3) is 0 Å². The van der Waals surface area contributed by atoms with E-state index in [2.05, 4.69) is 39.8 Å². The van der Waals surface area contributed by atoms with Gasteiger partial charge in [-0.3, -0.25) is 0 Å². The standard InChI is InChI=1S/C32H47NO4/c1-5-31(2,3)12-10-20-14-21-15-24(37-30(35)33-16-22-18-36-19-23(22)17-33)6-7-25(21)26-11-13-32(4)27(29(20)26)8-9-28(32)34/h6-7,15,20,22-23,26-29,34H,5,8-14,16-19H2,1-4H3/t20-,22?,23?,26?,27?,28?,29?,32?/m1/s1.